The fourth-order valence-corrected chi connectivity index (χ4v) is 6.45. The van der Waals surface area contributed by atoms with Gasteiger partial charge in [0.15, 0.2) is 11.6 Å². The van der Waals surface area contributed by atoms with Crippen LogP contribution in [-0.2, 0) is 0 Å². The topological polar surface area (TPSA) is 0 Å². The molecule has 180 valence electrons. The Hall–Kier alpha value is -1.77. The Bertz CT molecular complexity index is 918. The molecule has 2 aliphatic rings. The highest BCUT2D eigenvalue weighted by molar-refractivity contribution is 5.66. The average molecular weight is 457 g/mol. The molecule has 0 amide bonds. The summed E-state index contributed by atoms with van der Waals surface area (Å²) in [7, 11) is 0. The van der Waals surface area contributed by atoms with E-state index < -0.39 is 17.5 Å². The van der Waals surface area contributed by atoms with Crippen molar-refractivity contribution < 1.29 is 13.2 Å². The lowest BCUT2D eigenvalue weighted by Gasteiger charge is -2.29. The summed E-state index contributed by atoms with van der Waals surface area (Å²) in [5, 5.41) is 0. The second-order valence-electron chi connectivity index (χ2n) is 10.6. The van der Waals surface area contributed by atoms with Gasteiger partial charge < -0.3 is 0 Å². The third kappa shape index (κ3) is 5.49. The lowest BCUT2D eigenvalue weighted by Crippen LogP contribution is -2.15. The van der Waals surface area contributed by atoms with Gasteiger partial charge in [0.05, 0.1) is 0 Å². The van der Waals surface area contributed by atoms with Crippen molar-refractivity contribution in [3.63, 3.8) is 0 Å². The van der Waals surface area contributed by atoms with Gasteiger partial charge in [-0.2, -0.15) is 0 Å². The molecule has 2 saturated carbocycles. The summed E-state index contributed by atoms with van der Waals surface area (Å²) in [4.78, 5) is 0. The molecule has 3 heteroatoms. The van der Waals surface area contributed by atoms with Crippen LogP contribution in [0.25, 0.3) is 11.1 Å². The molecule has 0 N–H and O–H groups in total. The second kappa shape index (κ2) is 11.1. The Morgan fingerprint density at radius 3 is 1.73 bits per heavy atom. The van der Waals surface area contributed by atoms with E-state index in [0.717, 1.165) is 50.0 Å². The summed E-state index contributed by atoms with van der Waals surface area (Å²) in [5.41, 5.74) is 1.65. The molecule has 0 atom stereocenters. The summed E-state index contributed by atoms with van der Waals surface area (Å²) < 4.78 is 45.3. The highest BCUT2D eigenvalue weighted by atomic mass is 19.2. The van der Waals surface area contributed by atoms with Crippen LogP contribution < -0.4 is 0 Å². The molecular weight excluding hydrogens is 417 g/mol. The van der Waals surface area contributed by atoms with Crippen LogP contribution in [-0.4, -0.2) is 0 Å². The molecule has 0 nitrogen and oxygen atoms in total. The maximum absolute atomic E-state index is 15.1. The van der Waals surface area contributed by atoms with Gasteiger partial charge in [0.25, 0.3) is 0 Å². The third-order valence-electron chi connectivity index (χ3n) is 8.39. The van der Waals surface area contributed by atoms with Crippen molar-refractivity contribution in [1.29, 1.82) is 0 Å². The van der Waals surface area contributed by atoms with Crippen LogP contribution in [0, 0.1) is 29.3 Å². The third-order valence-corrected chi connectivity index (χ3v) is 8.39. The van der Waals surface area contributed by atoms with E-state index in [-0.39, 0.29) is 17.0 Å². The minimum atomic E-state index is -0.907. The summed E-state index contributed by atoms with van der Waals surface area (Å²) in [6.07, 6.45) is 13.4. The first kappa shape index (κ1) is 24.4. The Balaban J connectivity index is 1.48. The number of benzene rings is 2. The molecule has 33 heavy (non-hydrogen) atoms. The first-order valence-electron chi connectivity index (χ1n) is 13.3. The van der Waals surface area contributed by atoms with Crippen LogP contribution in [0.1, 0.15) is 114 Å². The fourth-order valence-electron chi connectivity index (χ4n) is 6.45. The maximum atomic E-state index is 15.1. The minimum Gasteiger partial charge on any atom is -0.206 e. The largest absolute Gasteiger partial charge is 0.206 e. The van der Waals surface area contributed by atoms with Gasteiger partial charge in [-0.15, -0.1) is 0 Å². The predicted octanol–water partition coefficient (Wildman–Crippen LogP) is 9.92. The molecule has 4 rings (SSSR count). The lowest BCUT2D eigenvalue weighted by atomic mass is 9.76. The van der Waals surface area contributed by atoms with Gasteiger partial charge >= 0.3 is 0 Å². The van der Waals surface area contributed by atoms with E-state index in [0.29, 0.717) is 17.4 Å². The van der Waals surface area contributed by atoms with E-state index in [2.05, 4.69) is 13.8 Å². The quantitative estimate of drug-likeness (QED) is 0.389. The van der Waals surface area contributed by atoms with E-state index in [1.165, 1.54) is 38.5 Å². The lowest BCUT2D eigenvalue weighted by molar-refractivity contribution is 0.303. The minimum absolute atomic E-state index is 0.0339. The smallest absolute Gasteiger partial charge is 0.167 e. The molecule has 0 spiro atoms. The fraction of sp³-hybridized carbons (Fsp3) is 0.600. The van der Waals surface area contributed by atoms with Gasteiger partial charge in [0.2, 0.25) is 0 Å². The zero-order valence-electron chi connectivity index (χ0n) is 20.3. The van der Waals surface area contributed by atoms with Crippen LogP contribution in [0.4, 0.5) is 13.2 Å². The zero-order valence-corrected chi connectivity index (χ0v) is 20.3. The molecule has 0 aliphatic heterocycles. The van der Waals surface area contributed by atoms with Gasteiger partial charge in [-0.25, -0.2) is 13.2 Å². The standard InChI is InChI=1S/C30H39F3/c1-3-5-20-7-11-22(12-8-20)24-15-16-26(28(31)19-24)27-18-17-25(29(32)30(27)33)23-13-9-21(6-4-2)10-14-23/h15-23H,3-14H2,1-2H3. The number of rotatable bonds is 7. The molecule has 0 unspecified atom stereocenters. The Labute approximate surface area is 198 Å². The van der Waals surface area contributed by atoms with Crippen LogP contribution in [0.2, 0.25) is 0 Å². The molecule has 0 saturated heterocycles. The SMILES string of the molecule is CCCC1CCC(c2ccc(-c3ccc(C4CCC(CCC)CC4)c(F)c3F)c(F)c2)CC1. The van der Waals surface area contributed by atoms with Gasteiger partial charge in [0.1, 0.15) is 5.82 Å². The highest BCUT2D eigenvalue weighted by Gasteiger charge is 2.27. The van der Waals surface area contributed by atoms with E-state index in [4.69, 9.17) is 0 Å². The van der Waals surface area contributed by atoms with Gasteiger partial charge in [-0.05, 0) is 92.2 Å². The first-order valence-corrected chi connectivity index (χ1v) is 13.3. The molecule has 0 radical (unpaired) electrons. The van der Waals surface area contributed by atoms with Gasteiger partial charge in [-0.1, -0.05) is 63.8 Å². The molecular formula is C30H39F3. The maximum Gasteiger partial charge on any atom is 0.167 e. The molecule has 2 aliphatic carbocycles. The molecule has 0 aromatic heterocycles. The average Bonchev–Trinajstić information content (AvgIpc) is 2.83. The molecule has 0 bridgehead atoms. The Morgan fingerprint density at radius 1 is 0.636 bits per heavy atom. The second-order valence-corrected chi connectivity index (χ2v) is 10.6. The zero-order chi connectivity index (χ0) is 23.4. The number of hydrogen-bond acceptors (Lipinski definition) is 0. The van der Waals surface area contributed by atoms with Crippen molar-refractivity contribution in [3.8, 4) is 11.1 Å². The summed E-state index contributed by atoms with van der Waals surface area (Å²) in [5.74, 6) is -0.195. The highest BCUT2D eigenvalue weighted by Crippen LogP contribution is 2.41. The Kier molecular flexibility index (Phi) is 8.20. The first-order chi connectivity index (χ1) is 16.0. The van der Waals surface area contributed by atoms with Crippen LogP contribution in [0.15, 0.2) is 30.3 Å². The van der Waals surface area contributed by atoms with Crippen LogP contribution in [0.5, 0.6) is 0 Å². The monoisotopic (exact) mass is 456 g/mol. The van der Waals surface area contributed by atoms with E-state index in [1.807, 2.05) is 6.07 Å². The van der Waals surface area contributed by atoms with Crippen molar-refractivity contribution >= 4 is 0 Å². The van der Waals surface area contributed by atoms with Crippen molar-refractivity contribution in [2.45, 2.75) is 103 Å². The molecule has 2 aromatic rings. The van der Waals surface area contributed by atoms with E-state index in [1.54, 1.807) is 24.3 Å². The summed E-state index contributed by atoms with van der Waals surface area (Å²) in [6.45, 7) is 4.43. The van der Waals surface area contributed by atoms with Crippen molar-refractivity contribution in [2.24, 2.45) is 11.8 Å². The number of halogens is 3. The van der Waals surface area contributed by atoms with Crippen molar-refractivity contribution in [1.82, 2.24) is 0 Å². The molecule has 2 fully saturated rings. The van der Waals surface area contributed by atoms with Crippen LogP contribution >= 0.6 is 0 Å². The molecule has 2 aromatic carbocycles. The summed E-state index contributed by atoms with van der Waals surface area (Å²) >= 11 is 0. The normalized spacial score (nSPS) is 25.8. The van der Waals surface area contributed by atoms with Crippen LogP contribution in [0.3, 0.4) is 0 Å². The predicted molar refractivity (Wildman–Crippen MR) is 131 cm³/mol. The van der Waals surface area contributed by atoms with Gasteiger partial charge in [-0.3, -0.25) is 0 Å². The number of hydrogen-bond donors (Lipinski definition) is 0. The molecule has 0 heterocycles. The van der Waals surface area contributed by atoms with Crippen molar-refractivity contribution in [3.05, 3.63) is 58.9 Å². The van der Waals surface area contributed by atoms with E-state index >= 15 is 13.2 Å². The summed E-state index contributed by atoms with van der Waals surface area (Å²) in [6, 6.07) is 8.40. The van der Waals surface area contributed by atoms with Crippen molar-refractivity contribution in [2.75, 3.05) is 0 Å². The van der Waals surface area contributed by atoms with Gasteiger partial charge in [0, 0.05) is 11.1 Å². The Morgan fingerprint density at radius 2 is 1.18 bits per heavy atom. The van der Waals surface area contributed by atoms with E-state index in [9.17, 15) is 0 Å².